The summed E-state index contributed by atoms with van der Waals surface area (Å²) in [5.74, 6) is -0.531. The van der Waals surface area contributed by atoms with Gasteiger partial charge < -0.3 is 5.32 Å². The topological polar surface area (TPSA) is 120 Å². The van der Waals surface area contributed by atoms with Crippen molar-refractivity contribution in [2.75, 3.05) is 5.32 Å². The largest absolute Gasteiger partial charge is 0.324 e. The fourth-order valence-corrected chi connectivity index (χ4v) is 4.02. The number of anilines is 1. The molecule has 2 heterocycles. The van der Waals surface area contributed by atoms with Gasteiger partial charge in [0.2, 0.25) is 5.91 Å². The van der Waals surface area contributed by atoms with Crippen molar-refractivity contribution < 1.29 is 9.72 Å². The lowest BCUT2D eigenvalue weighted by Gasteiger charge is -2.09. The molecule has 0 radical (unpaired) electrons. The van der Waals surface area contributed by atoms with E-state index in [1.807, 2.05) is 38.1 Å². The first kappa shape index (κ1) is 20.4. The zero-order chi connectivity index (χ0) is 22.1. The predicted molar refractivity (Wildman–Crippen MR) is 118 cm³/mol. The molecule has 0 atom stereocenters. The molecule has 2 aromatic heterocycles. The molecule has 10 heteroatoms. The Morgan fingerprint density at radius 2 is 1.94 bits per heavy atom. The summed E-state index contributed by atoms with van der Waals surface area (Å²) < 4.78 is 1.74. The van der Waals surface area contributed by atoms with Crippen LogP contribution in [0.25, 0.3) is 21.5 Å². The van der Waals surface area contributed by atoms with Gasteiger partial charge >= 0.3 is 0 Å². The molecule has 9 nitrogen and oxygen atoms in total. The summed E-state index contributed by atoms with van der Waals surface area (Å²) in [5, 5.41) is 18.7. The minimum atomic E-state index is -0.548. The average Bonchev–Trinajstić information content (AvgIpc) is 3.13. The molecule has 156 valence electrons. The summed E-state index contributed by atoms with van der Waals surface area (Å²) in [6.45, 7) is 3.43. The number of amides is 1. The molecular weight excluding hydrogens is 418 g/mol. The molecule has 0 aliphatic heterocycles. The lowest BCUT2D eigenvalue weighted by Crippen LogP contribution is -2.30. The molecule has 0 fully saturated rings. The van der Waals surface area contributed by atoms with Gasteiger partial charge in [0.1, 0.15) is 12.2 Å². The van der Waals surface area contributed by atoms with Crippen LogP contribution in [-0.2, 0) is 11.3 Å². The number of nitro benzene ring substituents is 1. The number of nitro groups is 1. The highest BCUT2D eigenvalue weighted by atomic mass is 32.1. The Labute approximate surface area is 180 Å². The van der Waals surface area contributed by atoms with Crippen molar-refractivity contribution in [2.45, 2.75) is 20.4 Å². The molecule has 0 aliphatic rings. The van der Waals surface area contributed by atoms with Crippen LogP contribution in [-0.4, -0.2) is 25.6 Å². The summed E-state index contributed by atoms with van der Waals surface area (Å²) in [6, 6.07) is 13.3. The lowest BCUT2D eigenvalue weighted by atomic mass is 10.1. The molecule has 0 saturated carbocycles. The van der Waals surface area contributed by atoms with Crippen LogP contribution < -0.4 is 10.9 Å². The number of fused-ring (bicyclic) bond motifs is 1. The van der Waals surface area contributed by atoms with E-state index in [1.54, 1.807) is 0 Å². The number of carbonyl (C=O) groups is 1. The quantitative estimate of drug-likeness (QED) is 0.377. The summed E-state index contributed by atoms with van der Waals surface area (Å²) in [5.41, 5.74) is 2.38. The third kappa shape index (κ3) is 4.19. The standard InChI is InChI=1S/C21H17N5O4S/c1-12-6-8-14(9-7-12)18-20-19(22-13(2)31-20)21(28)25(24-18)11-17(27)23-15-4-3-5-16(10-15)26(29)30/h3-10H,11H2,1-2H3,(H,23,27). The van der Waals surface area contributed by atoms with Crippen molar-refractivity contribution in [3.63, 3.8) is 0 Å². The highest BCUT2D eigenvalue weighted by molar-refractivity contribution is 7.19. The van der Waals surface area contributed by atoms with Gasteiger partial charge in [-0.15, -0.1) is 11.3 Å². The van der Waals surface area contributed by atoms with E-state index >= 15 is 0 Å². The van der Waals surface area contributed by atoms with Crippen molar-refractivity contribution in [1.29, 1.82) is 0 Å². The van der Waals surface area contributed by atoms with E-state index in [0.717, 1.165) is 20.8 Å². The minimum Gasteiger partial charge on any atom is -0.324 e. The second-order valence-electron chi connectivity index (χ2n) is 6.94. The number of hydrogen-bond acceptors (Lipinski definition) is 7. The summed E-state index contributed by atoms with van der Waals surface area (Å²) >= 11 is 1.38. The van der Waals surface area contributed by atoms with Crippen molar-refractivity contribution in [1.82, 2.24) is 14.8 Å². The van der Waals surface area contributed by atoms with Gasteiger partial charge in [-0.05, 0) is 19.9 Å². The van der Waals surface area contributed by atoms with E-state index in [4.69, 9.17) is 0 Å². The molecule has 0 saturated heterocycles. The van der Waals surface area contributed by atoms with E-state index in [9.17, 15) is 19.7 Å². The molecule has 0 spiro atoms. The maximum Gasteiger partial charge on any atom is 0.294 e. The van der Waals surface area contributed by atoms with Crippen molar-refractivity contribution in [3.8, 4) is 11.3 Å². The summed E-state index contributed by atoms with van der Waals surface area (Å²) in [7, 11) is 0. The SMILES string of the molecule is Cc1ccc(-c2nn(CC(=O)Nc3cccc([N+](=O)[O-])c3)c(=O)c3nc(C)sc23)cc1. The smallest absolute Gasteiger partial charge is 0.294 e. The molecule has 4 aromatic rings. The van der Waals surface area contributed by atoms with E-state index in [1.165, 1.54) is 35.6 Å². The van der Waals surface area contributed by atoms with Crippen LogP contribution in [0, 0.1) is 24.0 Å². The van der Waals surface area contributed by atoms with Gasteiger partial charge in [-0.3, -0.25) is 19.7 Å². The van der Waals surface area contributed by atoms with Gasteiger partial charge in [-0.1, -0.05) is 35.9 Å². The molecule has 31 heavy (non-hydrogen) atoms. The van der Waals surface area contributed by atoms with E-state index in [-0.39, 0.29) is 23.4 Å². The number of nitrogens with one attached hydrogen (secondary N) is 1. The van der Waals surface area contributed by atoms with Gasteiger partial charge in [0.05, 0.1) is 14.6 Å². The van der Waals surface area contributed by atoms with E-state index < -0.39 is 16.4 Å². The average molecular weight is 435 g/mol. The van der Waals surface area contributed by atoms with E-state index in [0.29, 0.717) is 10.4 Å². The Kier molecular flexibility index (Phi) is 5.30. The molecule has 0 unspecified atom stereocenters. The first-order valence-corrected chi connectivity index (χ1v) is 10.1. The fourth-order valence-electron chi connectivity index (χ4n) is 3.11. The third-order valence-corrected chi connectivity index (χ3v) is 5.54. The number of rotatable bonds is 5. The molecule has 2 aromatic carbocycles. The highest BCUT2D eigenvalue weighted by Crippen LogP contribution is 2.29. The van der Waals surface area contributed by atoms with Gasteiger partial charge in [0.25, 0.3) is 11.2 Å². The molecular formula is C21H17N5O4S. The van der Waals surface area contributed by atoms with Crippen molar-refractivity contribution in [2.24, 2.45) is 0 Å². The van der Waals surface area contributed by atoms with Crippen molar-refractivity contribution in [3.05, 3.63) is 79.6 Å². The molecule has 4 rings (SSSR count). The maximum absolute atomic E-state index is 12.9. The van der Waals surface area contributed by atoms with E-state index in [2.05, 4.69) is 15.4 Å². The lowest BCUT2D eigenvalue weighted by molar-refractivity contribution is -0.384. The second kappa shape index (κ2) is 8.07. The number of carbonyl (C=O) groups excluding carboxylic acids is 1. The number of hydrogen-bond donors (Lipinski definition) is 1. The Balaban J connectivity index is 1.70. The number of aromatic nitrogens is 3. The highest BCUT2D eigenvalue weighted by Gasteiger charge is 2.18. The number of aryl methyl sites for hydroxylation is 2. The van der Waals surface area contributed by atoms with Crippen LogP contribution in [0.4, 0.5) is 11.4 Å². The number of non-ortho nitro benzene ring substituents is 1. The van der Waals surface area contributed by atoms with Gasteiger partial charge in [0, 0.05) is 23.4 Å². The molecule has 0 aliphatic carbocycles. The molecule has 1 N–H and O–H groups in total. The predicted octanol–water partition coefficient (Wildman–Crippen LogP) is 3.68. The zero-order valence-corrected chi connectivity index (χ0v) is 17.5. The Morgan fingerprint density at radius 3 is 2.65 bits per heavy atom. The normalized spacial score (nSPS) is 10.9. The van der Waals surface area contributed by atoms with Crippen LogP contribution in [0.5, 0.6) is 0 Å². The maximum atomic E-state index is 12.9. The first-order chi connectivity index (χ1) is 14.8. The molecule has 0 bridgehead atoms. The van der Waals surface area contributed by atoms with Crippen LogP contribution in [0.3, 0.4) is 0 Å². The van der Waals surface area contributed by atoms with Gasteiger partial charge in [0.15, 0.2) is 5.52 Å². The van der Waals surface area contributed by atoms with Gasteiger partial charge in [-0.2, -0.15) is 5.10 Å². The van der Waals surface area contributed by atoms with Gasteiger partial charge in [-0.25, -0.2) is 9.67 Å². The number of nitrogens with zero attached hydrogens (tertiary/aromatic N) is 4. The van der Waals surface area contributed by atoms with Crippen LogP contribution in [0.2, 0.25) is 0 Å². The summed E-state index contributed by atoms with van der Waals surface area (Å²) in [6.07, 6.45) is 0. The zero-order valence-electron chi connectivity index (χ0n) is 16.7. The first-order valence-electron chi connectivity index (χ1n) is 9.31. The monoisotopic (exact) mass is 435 g/mol. The Morgan fingerprint density at radius 1 is 1.19 bits per heavy atom. The Bertz CT molecular complexity index is 1380. The second-order valence-corrected chi connectivity index (χ2v) is 8.15. The van der Waals surface area contributed by atoms with Crippen LogP contribution in [0.1, 0.15) is 10.6 Å². The Hall–Kier alpha value is -3.92. The van der Waals surface area contributed by atoms with Crippen LogP contribution in [0.15, 0.2) is 53.3 Å². The minimum absolute atomic E-state index is 0.144. The van der Waals surface area contributed by atoms with Crippen molar-refractivity contribution >= 4 is 38.8 Å². The molecule has 1 amide bonds. The number of thiazole rings is 1. The fraction of sp³-hybridized carbons (Fsp3) is 0.143. The summed E-state index contributed by atoms with van der Waals surface area (Å²) in [4.78, 5) is 40.2. The van der Waals surface area contributed by atoms with Crippen LogP contribution >= 0.6 is 11.3 Å². The third-order valence-electron chi connectivity index (χ3n) is 4.57. The number of benzene rings is 2.